The molecule has 1 aromatic carbocycles. The van der Waals surface area contributed by atoms with E-state index in [-0.39, 0.29) is 24.0 Å². The number of rotatable bonds is 9. The Kier molecular flexibility index (Phi) is 12.7. The maximum absolute atomic E-state index is 4.80. The number of likely N-dealkylation sites (N-methyl/N-ethyl adjacent to an activating group) is 1. The molecule has 1 aromatic rings. The fraction of sp³-hybridized carbons (Fsp3) is 0.667. The molecule has 2 N–H and O–H groups in total. The average Bonchev–Trinajstić information content (AvgIpc) is 2.66. The second kappa shape index (κ2) is 14.2. The molecule has 1 saturated heterocycles. The first-order valence-corrected chi connectivity index (χ1v) is 10.1. The van der Waals surface area contributed by atoms with Crippen LogP contribution in [0.2, 0.25) is 0 Å². The van der Waals surface area contributed by atoms with Gasteiger partial charge in [0.1, 0.15) is 0 Å². The Morgan fingerprint density at radius 3 is 2.48 bits per heavy atom. The molecule has 0 aromatic heterocycles. The fourth-order valence-electron chi connectivity index (χ4n) is 3.26. The number of nitrogens with zero attached hydrogens (tertiary/aromatic N) is 3. The third-order valence-corrected chi connectivity index (χ3v) is 4.85. The number of aryl methyl sites for hydroxylation is 1. The second-order valence-electron chi connectivity index (χ2n) is 7.44. The van der Waals surface area contributed by atoms with Crippen molar-refractivity contribution in [2.45, 2.75) is 26.7 Å². The van der Waals surface area contributed by atoms with Gasteiger partial charge in [0.15, 0.2) is 5.96 Å². The molecule has 2 rings (SSSR count). The molecule has 27 heavy (non-hydrogen) atoms. The summed E-state index contributed by atoms with van der Waals surface area (Å²) in [5.41, 5.74) is 1.40. The van der Waals surface area contributed by atoms with Gasteiger partial charge in [0.25, 0.3) is 0 Å². The van der Waals surface area contributed by atoms with E-state index in [0.29, 0.717) is 5.92 Å². The van der Waals surface area contributed by atoms with Crippen molar-refractivity contribution in [3.8, 4) is 0 Å². The number of halogens is 1. The summed E-state index contributed by atoms with van der Waals surface area (Å²) in [6.07, 6.45) is 2.22. The number of guanidine groups is 1. The van der Waals surface area contributed by atoms with Crippen LogP contribution in [0.3, 0.4) is 0 Å². The van der Waals surface area contributed by atoms with Crippen molar-refractivity contribution in [3.63, 3.8) is 0 Å². The molecule has 0 amide bonds. The number of benzene rings is 1. The van der Waals surface area contributed by atoms with Crippen LogP contribution in [0, 0.1) is 5.92 Å². The highest BCUT2D eigenvalue weighted by molar-refractivity contribution is 14.0. The van der Waals surface area contributed by atoms with Crippen molar-refractivity contribution in [2.75, 3.05) is 59.4 Å². The smallest absolute Gasteiger partial charge is 0.191 e. The van der Waals surface area contributed by atoms with Crippen LogP contribution in [0.4, 0.5) is 0 Å². The molecule has 0 aliphatic carbocycles. The van der Waals surface area contributed by atoms with E-state index in [9.17, 15) is 0 Å². The lowest BCUT2D eigenvalue weighted by molar-refractivity contribution is 0.140. The largest absolute Gasteiger partial charge is 0.357 e. The van der Waals surface area contributed by atoms with Crippen LogP contribution < -0.4 is 10.6 Å². The van der Waals surface area contributed by atoms with Gasteiger partial charge in [0.2, 0.25) is 0 Å². The quantitative estimate of drug-likeness (QED) is 0.243. The van der Waals surface area contributed by atoms with E-state index in [4.69, 9.17) is 4.99 Å². The normalized spacial score (nSPS) is 17.2. The maximum atomic E-state index is 4.80. The van der Waals surface area contributed by atoms with E-state index < -0.39 is 0 Å². The summed E-state index contributed by atoms with van der Waals surface area (Å²) >= 11 is 0. The lowest BCUT2D eigenvalue weighted by Crippen LogP contribution is -2.46. The van der Waals surface area contributed by atoms with Crippen LogP contribution >= 0.6 is 24.0 Å². The van der Waals surface area contributed by atoms with Gasteiger partial charge in [0, 0.05) is 52.4 Å². The van der Waals surface area contributed by atoms with Crippen molar-refractivity contribution >= 4 is 29.9 Å². The molecule has 6 heteroatoms. The number of hydrogen-bond donors (Lipinski definition) is 2. The lowest BCUT2D eigenvalue weighted by atomic mass is 10.1. The van der Waals surface area contributed by atoms with E-state index in [1.54, 1.807) is 0 Å². The summed E-state index contributed by atoms with van der Waals surface area (Å²) in [6.45, 7) is 13.0. The molecule has 1 atom stereocenters. The van der Waals surface area contributed by atoms with Crippen LogP contribution in [0.5, 0.6) is 0 Å². The molecule has 0 bridgehead atoms. The van der Waals surface area contributed by atoms with Gasteiger partial charge < -0.3 is 20.4 Å². The van der Waals surface area contributed by atoms with Crippen molar-refractivity contribution in [1.82, 2.24) is 20.4 Å². The van der Waals surface area contributed by atoms with E-state index in [1.165, 1.54) is 31.7 Å². The molecule has 0 saturated carbocycles. The third kappa shape index (κ3) is 10.3. The predicted molar refractivity (Wildman–Crippen MR) is 127 cm³/mol. The monoisotopic (exact) mass is 487 g/mol. The minimum absolute atomic E-state index is 0. The van der Waals surface area contributed by atoms with Crippen LogP contribution in [0.15, 0.2) is 35.3 Å². The van der Waals surface area contributed by atoms with Crippen LogP contribution in [0.25, 0.3) is 0 Å². The topological polar surface area (TPSA) is 42.9 Å². The minimum atomic E-state index is 0. The van der Waals surface area contributed by atoms with Gasteiger partial charge in [-0.1, -0.05) is 37.3 Å². The summed E-state index contributed by atoms with van der Waals surface area (Å²) in [4.78, 5) is 9.77. The number of nitrogens with one attached hydrogen (secondary N) is 2. The Labute approximate surface area is 183 Å². The summed E-state index contributed by atoms with van der Waals surface area (Å²) in [5.74, 6) is 1.53. The molecular weight excluding hydrogens is 449 g/mol. The summed E-state index contributed by atoms with van der Waals surface area (Å²) in [7, 11) is 2.21. The summed E-state index contributed by atoms with van der Waals surface area (Å²) in [5, 5.41) is 6.84. The molecule has 0 radical (unpaired) electrons. The fourth-order valence-corrected chi connectivity index (χ4v) is 3.26. The number of aliphatic imine (C=N–C) groups is 1. The molecule has 1 unspecified atom stereocenters. The summed E-state index contributed by atoms with van der Waals surface area (Å²) in [6, 6.07) is 10.7. The Hall–Kier alpha value is -0.860. The highest BCUT2D eigenvalue weighted by Crippen LogP contribution is 2.05. The van der Waals surface area contributed by atoms with E-state index in [2.05, 4.69) is 71.7 Å². The Morgan fingerprint density at radius 2 is 1.81 bits per heavy atom. The first kappa shape index (κ1) is 24.2. The molecular formula is C21H38IN5. The highest BCUT2D eigenvalue weighted by Gasteiger charge is 2.15. The van der Waals surface area contributed by atoms with Gasteiger partial charge in [-0.2, -0.15) is 0 Å². The SMILES string of the molecule is CCNC(=NCC(C)CN1CCN(C)CC1)NCCCc1ccccc1.I. The van der Waals surface area contributed by atoms with Gasteiger partial charge in [-0.25, -0.2) is 0 Å². The molecule has 1 aliphatic rings. The maximum Gasteiger partial charge on any atom is 0.191 e. The van der Waals surface area contributed by atoms with Gasteiger partial charge in [-0.05, 0) is 38.3 Å². The van der Waals surface area contributed by atoms with Gasteiger partial charge in [-0.15, -0.1) is 24.0 Å². The van der Waals surface area contributed by atoms with Crippen LogP contribution in [-0.4, -0.2) is 75.2 Å². The standard InChI is InChI=1S/C21H37N5.HI/c1-4-22-21(23-12-8-11-20-9-6-5-7-10-20)24-17-19(2)18-26-15-13-25(3)14-16-26;/h5-7,9-10,19H,4,8,11-18H2,1-3H3,(H2,22,23,24);1H. The first-order chi connectivity index (χ1) is 12.7. The van der Waals surface area contributed by atoms with Gasteiger partial charge in [0.05, 0.1) is 0 Å². The first-order valence-electron chi connectivity index (χ1n) is 10.1. The second-order valence-corrected chi connectivity index (χ2v) is 7.44. The van der Waals surface area contributed by atoms with Crippen molar-refractivity contribution < 1.29 is 0 Å². The molecule has 154 valence electrons. The Bertz CT molecular complexity index is 515. The van der Waals surface area contributed by atoms with Gasteiger partial charge in [-0.3, -0.25) is 4.99 Å². The number of hydrogen-bond acceptors (Lipinski definition) is 3. The van der Waals surface area contributed by atoms with E-state index >= 15 is 0 Å². The predicted octanol–water partition coefficient (Wildman–Crippen LogP) is 2.68. The van der Waals surface area contributed by atoms with Crippen molar-refractivity contribution in [1.29, 1.82) is 0 Å². The summed E-state index contributed by atoms with van der Waals surface area (Å²) < 4.78 is 0. The van der Waals surface area contributed by atoms with Crippen LogP contribution in [-0.2, 0) is 6.42 Å². The highest BCUT2D eigenvalue weighted by atomic mass is 127. The molecule has 0 spiro atoms. The van der Waals surface area contributed by atoms with Crippen LogP contribution in [0.1, 0.15) is 25.8 Å². The Morgan fingerprint density at radius 1 is 1.11 bits per heavy atom. The van der Waals surface area contributed by atoms with Gasteiger partial charge >= 0.3 is 0 Å². The lowest BCUT2D eigenvalue weighted by Gasteiger charge is -2.33. The molecule has 1 aliphatic heterocycles. The van der Waals surface area contributed by atoms with Crippen molar-refractivity contribution in [3.05, 3.63) is 35.9 Å². The molecule has 1 fully saturated rings. The zero-order valence-corrected chi connectivity index (χ0v) is 19.6. The molecule has 1 heterocycles. The Balaban J connectivity index is 0.00000364. The van der Waals surface area contributed by atoms with E-state index in [0.717, 1.165) is 45.0 Å². The molecule has 5 nitrogen and oxygen atoms in total. The number of piperazine rings is 1. The zero-order chi connectivity index (χ0) is 18.6. The zero-order valence-electron chi connectivity index (χ0n) is 17.3. The van der Waals surface area contributed by atoms with E-state index in [1.807, 2.05) is 0 Å². The van der Waals surface area contributed by atoms with Crippen molar-refractivity contribution in [2.24, 2.45) is 10.9 Å². The third-order valence-electron chi connectivity index (χ3n) is 4.85. The minimum Gasteiger partial charge on any atom is -0.357 e. The average molecular weight is 487 g/mol.